The Kier molecular flexibility index (Phi) is 7.00. The molecule has 2 fully saturated rings. The summed E-state index contributed by atoms with van der Waals surface area (Å²) in [5.41, 5.74) is 1.35. The summed E-state index contributed by atoms with van der Waals surface area (Å²) in [6.07, 6.45) is -0.867. The average molecular weight is 475 g/mol. The summed E-state index contributed by atoms with van der Waals surface area (Å²) in [7, 11) is 0. The highest BCUT2D eigenvalue weighted by Gasteiger charge is 2.32. The van der Waals surface area contributed by atoms with Gasteiger partial charge in [0.05, 0.1) is 5.56 Å². The standard InChI is InChI=1S/C25H29F3N4O2/c1-17-12-15-31(16-13-17)20-8-10-21(11-9-20)32-14-2-3-22(23(32)33)30-24(34)29-19-6-4-18(5-7-19)25(26,27)28/h4-11,17,22H,2-3,12-16H2,1H3,(H2,29,30,34). The molecule has 3 amide bonds. The van der Waals surface area contributed by atoms with Crippen LogP contribution in [-0.2, 0) is 11.0 Å². The summed E-state index contributed by atoms with van der Waals surface area (Å²) in [6.45, 7) is 4.90. The fourth-order valence-corrected chi connectivity index (χ4v) is 4.44. The molecule has 2 aromatic rings. The number of benzene rings is 2. The van der Waals surface area contributed by atoms with Crippen molar-refractivity contribution < 1.29 is 22.8 Å². The van der Waals surface area contributed by atoms with Crippen molar-refractivity contribution >= 4 is 29.0 Å². The summed E-state index contributed by atoms with van der Waals surface area (Å²) < 4.78 is 38.1. The lowest BCUT2D eigenvalue weighted by Crippen LogP contribution is -2.53. The van der Waals surface area contributed by atoms with E-state index in [4.69, 9.17) is 0 Å². The van der Waals surface area contributed by atoms with Gasteiger partial charge in [-0.15, -0.1) is 0 Å². The first-order valence-electron chi connectivity index (χ1n) is 11.6. The van der Waals surface area contributed by atoms with E-state index in [1.165, 1.54) is 25.0 Å². The van der Waals surface area contributed by atoms with Gasteiger partial charge >= 0.3 is 12.2 Å². The quantitative estimate of drug-likeness (QED) is 0.636. The van der Waals surface area contributed by atoms with E-state index in [2.05, 4.69) is 22.5 Å². The summed E-state index contributed by atoms with van der Waals surface area (Å²) in [5, 5.41) is 5.15. The van der Waals surface area contributed by atoms with Crippen molar-refractivity contribution in [2.24, 2.45) is 5.92 Å². The van der Waals surface area contributed by atoms with Crippen LogP contribution in [0.2, 0.25) is 0 Å². The van der Waals surface area contributed by atoms with E-state index in [9.17, 15) is 22.8 Å². The van der Waals surface area contributed by atoms with E-state index in [-0.39, 0.29) is 11.6 Å². The number of anilines is 3. The van der Waals surface area contributed by atoms with Crippen LogP contribution in [0.3, 0.4) is 0 Å². The highest BCUT2D eigenvalue weighted by atomic mass is 19.4. The second kappa shape index (κ2) is 9.95. The molecule has 2 aliphatic heterocycles. The third-order valence-corrected chi connectivity index (χ3v) is 6.52. The number of nitrogens with zero attached hydrogens (tertiary/aromatic N) is 2. The molecule has 4 rings (SSSR count). The molecule has 0 aliphatic carbocycles. The Bertz CT molecular complexity index is 1000. The molecule has 2 aromatic carbocycles. The normalized spacial score (nSPS) is 19.8. The molecule has 182 valence electrons. The lowest BCUT2D eigenvalue weighted by Gasteiger charge is -2.34. The van der Waals surface area contributed by atoms with E-state index in [0.29, 0.717) is 13.0 Å². The molecule has 0 radical (unpaired) electrons. The van der Waals surface area contributed by atoms with E-state index in [0.717, 1.165) is 48.9 Å². The Morgan fingerprint density at radius 2 is 1.53 bits per heavy atom. The Morgan fingerprint density at radius 3 is 2.15 bits per heavy atom. The van der Waals surface area contributed by atoms with Gasteiger partial charge in [-0.25, -0.2) is 4.79 Å². The van der Waals surface area contributed by atoms with Gasteiger partial charge in [-0.3, -0.25) is 4.79 Å². The van der Waals surface area contributed by atoms with Crippen molar-refractivity contribution in [2.75, 3.05) is 34.8 Å². The molecule has 2 saturated heterocycles. The molecule has 9 heteroatoms. The second-order valence-electron chi connectivity index (χ2n) is 9.04. The predicted octanol–water partition coefficient (Wildman–Crippen LogP) is 5.26. The Hall–Kier alpha value is -3.23. The van der Waals surface area contributed by atoms with Crippen molar-refractivity contribution in [3.8, 4) is 0 Å². The van der Waals surface area contributed by atoms with Crippen LogP contribution in [0.25, 0.3) is 0 Å². The molecule has 1 atom stereocenters. The molecule has 2 aliphatic rings. The number of alkyl halides is 3. The van der Waals surface area contributed by atoms with Crippen molar-refractivity contribution in [1.29, 1.82) is 0 Å². The number of rotatable bonds is 4. The first-order valence-corrected chi connectivity index (χ1v) is 11.6. The molecular formula is C25H29F3N4O2. The third kappa shape index (κ3) is 5.63. The highest BCUT2D eigenvalue weighted by Crippen LogP contribution is 2.30. The molecule has 1 unspecified atom stereocenters. The lowest BCUT2D eigenvalue weighted by atomic mass is 9.98. The number of carbonyl (C=O) groups is 2. The monoisotopic (exact) mass is 474 g/mol. The van der Waals surface area contributed by atoms with Crippen molar-refractivity contribution in [3.05, 3.63) is 54.1 Å². The van der Waals surface area contributed by atoms with Gasteiger partial charge in [0.15, 0.2) is 0 Å². The Morgan fingerprint density at radius 1 is 0.912 bits per heavy atom. The molecule has 34 heavy (non-hydrogen) atoms. The summed E-state index contributed by atoms with van der Waals surface area (Å²) in [4.78, 5) is 29.4. The number of urea groups is 1. The predicted molar refractivity (Wildman–Crippen MR) is 126 cm³/mol. The molecule has 0 aromatic heterocycles. The number of halogens is 3. The molecule has 0 saturated carbocycles. The summed E-state index contributed by atoms with van der Waals surface area (Å²) in [6, 6.07) is 10.8. The van der Waals surface area contributed by atoms with Crippen LogP contribution in [0, 0.1) is 5.92 Å². The van der Waals surface area contributed by atoms with Crippen molar-refractivity contribution in [3.63, 3.8) is 0 Å². The van der Waals surface area contributed by atoms with Crippen LogP contribution >= 0.6 is 0 Å². The van der Waals surface area contributed by atoms with E-state index < -0.39 is 23.8 Å². The summed E-state index contributed by atoms with van der Waals surface area (Å²) in [5.74, 6) is 0.552. The maximum absolute atomic E-state index is 13.0. The van der Waals surface area contributed by atoms with Gasteiger partial charge in [0.25, 0.3) is 0 Å². The molecule has 2 N–H and O–H groups in total. The largest absolute Gasteiger partial charge is 0.416 e. The zero-order valence-electron chi connectivity index (χ0n) is 19.1. The number of hydrogen-bond acceptors (Lipinski definition) is 3. The van der Waals surface area contributed by atoms with E-state index in [1.54, 1.807) is 4.90 Å². The van der Waals surface area contributed by atoms with Gasteiger partial charge in [-0.05, 0) is 80.1 Å². The minimum Gasteiger partial charge on any atom is -0.372 e. The first-order chi connectivity index (χ1) is 16.2. The molecule has 0 bridgehead atoms. The fraction of sp³-hybridized carbons (Fsp3) is 0.440. The van der Waals surface area contributed by atoms with Gasteiger partial charge in [-0.1, -0.05) is 6.92 Å². The maximum Gasteiger partial charge on any atom is 0.416 e. The Labute approximate surface area is 197 Å². The van der Waals surface area contributed by atoms with Crippen LogP contribution in [0.4, 0.5) is 35.0 Å². The highest BCUT2D eigenvalue weighted by molar-refractivity contribution is 6.01. The number of amides is 3. The van der Waals surface area contributed by atoms with Gasteiger partial charge in [-0.2, -0.15) is 13.2 Å². The topological polar surface area (TPSA) is 64.7 Å². The van der Waals surface area contributed by atoms with Gasteiger partial charge in [0, 0.05) is 36.7 Å². The van der Waals surface area contributed by atoms with Crippen LogP contribution in [0.15, 0.2) is 48.5 Å². The molecule has 6 nitrogen and oxygen atoms in total. The number of carbonyl (C=O) groups excluding carboxylic acids is 2. The van der Waals surface area contributed by atoms with Crippen LogP contribution in [0.1, 0.15) is 38.2 Å². The van der Waals surface area contributed by atoms with E-state index >= 15 is 0 Å². The lowest BCUT2D eigenvalue weighted by molar-refractivity contribution is -0.137. The van der Waals surface area contributed by atoms with Crippen LogP contribution < -0.4 is 20.4 Å². The maximum atomic E-state index is 13.0. The van der Waals surface area contributed by atoms with Crippen molar-refractivity contribution in [1.82, 2.24) is 5.32 Å². The van der Waals surface area contributed by atoms with E-state index in [1.807, 2.05) is 24.3 Å². The summed E-state index contributed by atoms with van der Waals surface area (Å²) >= 11 is 0. The fourth-order valence-electron chi connectivity index (χ4n) is 4.44. The van der Waals surface area contributed by atoms with Crippen molar-refractivity contribution in [2.45, 2.75) is 44.8 Å². The third-order valence-electron chi connectivity index (χ3n) is 6.52. The van der Waals surface area contributed by atoms with Gasteiger partial charge in [0.2, 0.25) is 5.91 Å². The number of hydrogen-bond donors (Lipinski definition) is 2. The molecular weight excluding hydrogens is 445 g/mol. The van der Waals surface area contributed by atoms with Gasteiger partial charge in [0.1, 0.15) is 6.04 Å². The minimum absolute atomic E-state index is 0.201. The van der Waals surface area contributed by atoms with Crippen LogP contribution in [-0.4, -0.2) is 37.6 Å². The average Bonchev–Trinajstić information content (AvgIpc) is 2.81. The zero-order valence-corrected chi connectivity index (χ0v) is 19.1. The molecule has 2 heterocycles. The first kappa shape index (κ1) is 23.9. The minimum atomic E-state index is -4.44. The van der Waals surface area contributed by atoms with Crippen LogP contribution in [0.5, 0.6) is 0 Å². The SMILES string of the molecule is CC1CCN(c2ccc(N3CCCC(NC(=O)Nc4ccc(C(F)(F)F)cc4)C3=O)cc2)CC1. The number of piperidine rings is 2. The Balaban J connectivity index is 1.35. The second-order valence-corrected chi connectivity index (χ2v) is 9.04. The smallest absolute Gasteiger partial charge is 0.372 e. The van der Waals surface area contributed by atoms with Gasteiger partial charge < -0.3 is 20.4 Å². The molecule has 0 spiro atoms. The zero-order chi connectivity index (χ0) is 24.3. The number of nitrogens with one attached hydrogen (secondary N) is 2.